The van der Waals surface area contributed by atoms with Crippen molar-refractivity contribution in [2.75, 3.05) is 5.75 Å². The highest BCUT2D eigenvalue weighted by Gasteiger charge is 2.18. The monoisotopic (exact) mass is 352 g/mol. The second kappa shape index (κ2) is 7.60. The molecule has 0 bridgehead atoms. The van der Waals surface area contributed by atoms with Crippen LogP contribution in [0.15, 0.2) is 27.2 Å². The molecular formula is C14H16N4O3S2. The number of rotatable bonds is 5. The first-order valence-electron chi connectivity index (χ1n) is 7.31. The van der Waals surface area contributed by atoms with Gasteiger partial charge in [0.05, 0.1) is 10.6 Å². The fourth-order valence-corrected chi connectivity index (χ4v) is 3.56. The number of hydrogen-bond donors (Lipinski definition) is 2. The summed E-state index contributed by atoms with van der Waals surface area (Å²) in [5.41, 5.74) is 0. The summed E-state index contributed by atoms with van der Waals surface area (Å²) >= 11 is 2.60. The zero-order chi connectivity index (χ0) is 16.1. The third-order valence-corrected chi connectivity index (χ3v) is 5.08. The van der Waals surface area contributed by atoms with Crippen LogP contribution >= 0.6 is 23.1 Å². The molecule has 0 aliphatic heterocycles. The Hall–Kier alpha value is -1.87. The molecule has 3 amide bonds. The summed E-state index contributed by atoms with van der Waals surface area (Å²) < 4.78 is 5.46. The number of nitrogens with one attached hydrogen (secondary N) is 2. The number of urea groups is 1. The Kier molecular flexibility index (Phi) is 5.29. The predicted molar refractivity (Wildman–Crippen MR) is 87.3 cm³/mol. The van der Waals surface area contributed by atoms with E-state index in [4.69, 9.17) is 4.42 Å². The maximum absolute atomic E-state index is 11.8. The van der Waals surface area contributed by atoms with Crippen LogP contribution in [0.25, 0.3) is 10.8 Å². The number of nitrogens with zero attached hydrogens (tertiary/aromatic N) is 2. The van der Waals surface area contributed by atoms with Gasteiger partial charge < -0.3 is 9.73 Å². The van der Waals surface area contributed by atoms with Crippen molar-refractivity contribution in [2.45, 2.75) is 36.9 Å². The van der Waals surface area contributed by atoms with Gasteiger partial charge in [-0.3, -0.25) is 10.1 Å². The average Bonchev–Trinajstić information content (AvgIpc) is 3.26. The number of amides is 3. The van der Waals surface area contributed by atoms with Crippen LogP contribution in [-0.4, -0.2) is 33.9 Å². The van der Waals surface area contributed by atoms with E-state index in [2.05, 4.69) is 20.8 Å². The van der Waals surface area contributed by atoms with E-state index in [0.717, 1.165) is 42.3 Å². The molecule has 0 atom stereocenters. The third-order valence-electron chi connectivity index (χ3n) is 3.41. The van der Waals surface area contributed by atoms with E-state index in [1.54, 1.807) is 0 Å². The van der Waals surface area contributed by atoms with Crippen molar-refractivity contribution < 1.29 is 14.0 Å². The number of carbonyl (C=O) groups is 2. The number of carbonyl (C=O) groups excluding carboxylic acids is 2. The Labute approximate surface area is 141 Å². The smallest absolute Gasteiger partial charge is 0.321 e. The Balaban J connectivity index is 1.42. The Bertz CT molecular complexity index is 665. The molecule has 2 aromatic heterocycles. The molecule has 0 unspecified atom stereocenters. The van der Waals surface area contributed by atoms with E-state index in [0.29, 0.717) is 11.1 Å². The summed E-state index contributed by atoms with van der Waals surface area (Å²) in [6.45, 7) is 0. The van der Waals surface area contributed by atoms with Gasteiger partial charge in [-0.15, -0.1) is 21.5 Å². The van der Waals surface area contributed by atoms with E-state index in [-0.39, 0.29) is 17.7 Å². The summed E-state index contributed by atoms with van der Waals surface area (Å²) in [6, 6.07) is 3.52. The van der Waals surface area contributed by atoms with Gasteiger partial charge in [-0.1, -0.05) is 30.7 Å². The topological polar surface area (TPSA) is 97.1 Å². The predicted octanol–water partition coefficient (Wildman–Crippen LogP) is 2.66. The maximum Gasteiger partial charge on any atom is 0.321 e. The quantitative estimate of drug-likeness (QED) is 0.803. The van der Waals surface area contributed by atoms with Crippen LogP contribution in [0.5, 0.6) is 0 Å². The fourth-order valence-electron chi connectivity index (χ4n) is 2.35. The lowest BCUT2D eigenvalue weighted by molar-refractivity contribution is -0.117. The molecule has 2 aromatic rings. The van der Waals surface area contributed by atoms with Crippen LogP contribution in [0.2, 0.25) is 0 Å². The molecule has 1 aliphatic rings. The largest absolute Gasteiger partial charge is 0.410 e. The van der Waals surface area contributed by atoms with E-state index in [9.17, 15) is 9.59 Å². The van der Waals surface area contributed by atoms with Crippen LogP contribution in [-0.2, 0) is 4.79 Å². The molecule has 9 heteroatoms. The molecule has 0 radical (unpaired) electrons. The minimum absolute atomic E-state index is 0.0458. The van der Waals surface area contributed by atoms with E-state index >= 15 is 0 Å². The zero-order valence-corrected chi connectivity index (χ0v) is 13.9. The summed E-state index contributed by atoms with van der Waals surface area (Å²) in [4.78, 5) is 24.3. The van der Waals surface area contributed by atoms with E-state index < -0.39 is 6.03 Å². The molecule has 122 valence electrons. The number of aromatic nitrogens is 2. The minimum atomic E-state index is -0.438. The molecule has 0 aromatic carbocycles. The highest BCUT2D eigenvalue weighted by molar-refractivity contribution is 7.99. The Morgan fingerprint density at radius 2 is 2.17 bits per heavy atom. The maximum atomic E-state index is 11.8. The standard InChI is InChI=1S/C14H16N4O3S2/c19-11(16-13(20)15-9-4-1-2-5-9)8-23-14-18-17-12(21-14)10-6-3-7-22-10/h3,6-7,9H,1-2,4-5,8H2,(H2,15,16,19,20). The fraction of sp³-hybridized carbons (Fsp3) is 0.429. The average molecular weight is 352 g/mol. The van der Waals surface area contributed by atoms with Crippen molar-refractivity contribution in [1.29, 1.82) is 0 Å². The van der Waals surface area contributed by atoms with Crippen molar-refractivity contribution in [3.8, 4) is 10.8 Å². The molecule has 0 spiro atoms. The van der Waals surface area contributed by atoms with Gasteiger partial charge in [0.2, 0.25) is 5.91 Å². The van der Waals surface area contributed by atoms with Crippen LogP contribution < -0.4 is 10.6 Å². The van der Waals surface area contributed by atoms with Crippen LogP contribution in [0.4, 0.5) is 4.79 Å². The van der Waals surface area contributed by atoms with Crippen molar-refractivity contribution in [3.63, 3.8) is 0 Å². The Morgan fingerprint density at radius 3 is 2.91 bits per heavy atom. The molecule has 1 aliphatic carbocycles. The van der Waals surface area contributed by atoms with Gasteiger partial charge in [-0.2, -0.15) is 0 Å². The second-order valence-electron chi connectivity index (χ2n) is 5.14. The molecular weight excluding hydrogens is 336 g/mol. The SMILES string of the molecule is O=C(CSc1nnc(-c2cccs2)o1)NC(=O)NC1CCCC1. The number of thiophene rings is 1. The van der Waals surface area contributed by atoms with Gasteiger partial charge in [0.15, 0.2) is 0 Å². The van der Waals surface area contributed by atoms with Crippen molar-refractivity contribution in [1.82, 2.24) is 20.8 Å². The Morgan fingerprint density at radius 1 is 1.35 bits per heavy atom. The molecule has 2 heterocycles. The molecule has 2 N–H and O–H groups in total. The summed E-state index contributed by atoms with van der Waals surface area (Å²) in [6.07, 6.45) is 4.20. The lowest BCUT2D eigenvalue weighted by atomic mass is 10.2. The second-order valence-corrected chi connectivity index (χ2v) is 7.02. The number of thioether (sulfide) groups is 1. The van der Waals surface area contributed by atoms with Gasteiger partial charge in [0.25, 0.3) is 11.1 Å². The van der Waals surface area contributed by atoms with Gasteiger partial charge >= 0.3 is 6.03 Å². The van der Waals surface area contributed by atoms with Crippen molar-refractivity contribution in [3.05, 3.63) is 17.5 Å². The molecule has 3 rings (SSSR count). The van der Waals surface area contributed by atoms with Gasteiger partial charge in [-0.05, 0) is 24.3 Å². The van der Waals surface area contributed by atoms with Gasteiger partial charge in [0.1, 0.15) is 0 Å². The van der Waals surface area contributed by atoms with E-state index in [1.165, 1.54) is 11.3 Å². The zero-order valence-electron chi connectivity index (χ0n) is 12.3. The highest BCUT2D eigenvalue weighted by atomic mass is 32.2. The normalized spacial score (nSPS) is 14.8. The molecule has 23 heavy (non-hydrogen) atoms. The van der Waals surface area contributed by atoms with Crippen LogP contribution in [0.1, 0.15) is 25.7 Å². The first-order valence-corrected chi connectivity index (χ1v) is 9.18. The molecule has 0 saturated heterocycles. The molecule has 1 fully saturated rings. The highest BCUT2D eigenvalue weighted by Crippen LogP contribution is 2.26. The molecule has 7 nitrogen and oxygen atoms in total. The van der Waals surface area contributed by atoms with Crippen molar-refractivity contribution in [2.24, 2.45) is 0 Å². The molecule has 1 saturated carbocycles. The van der Waals surface area contributed by atoms with Crippen molar-refractivity contribution >= 4 is 35.0 Å². The van der Waals surface area contributed by atoms with Gasteiger partial charge in [0, 0.05) is 6.04 Å². The number of imide groups is 1. The summed E-state index contributed by atoms with van der Waals surface area (Å²) in [5.74, 6) is 0.0905. The summed E-state index contributed by atoms with van der Waals surface area (Å²) in [7, 11) is 0. The first kappa shape index (κ1) is 16.0. The van der Waals surface area contributed by atoms with E-state index in [1.807, 2.05) is 17.5 Å². The third kappa shape index (κ3) is 4.55. The minimum Gasteiger partial charge on any atom is -0.410 e. The van der Waals surface area contributed by atoms with Crippen LogP contribution in [0, 0.1) is 0 Å². The lowest BCUT2D eigenvalue weighted by Crippen LogP contribution is -2.44. The summed E-state index contributed by atoms with van der Waals surface area (Å²) in [5, 5.41) is 15.1. The van der Waals surface area contributed by atoms with Gasteiger partial charge in [-0.25, -0.2) is 4.79 Å². The number of hydrogen-bond acceptors (Lipinski definition) is 7. The lowest BCUT2D eigenvalue weighted by Gasteiger charge is -2.11. The van der Waals surface area contributed by atoms with Crippen LogP contribution in [0.3, 0.4) is 0 Å². The first-order chi connectivity index (χ1) is 11.2.